The number of hydrogen-bond acceptors (Lipinski definition) is 5. The van der Waals surface area contributed by atoms with Crippen molar-refractivity contribution in [3.63, 3.8) is 0 Å². The number of carbonyl (C=O) groups excluding carboxylic acids is 1. The fourth-order valence-corrected chi connectivity index (χ4v) is 3.21. The molecule has 124 valence electrons. The highest BCUT2D eigenvalue weighted by Crippen LogP contribution is 2.43. The first-order chi connectivity index (χ1) is 9.71. The summed E-state index contributed by atoms with van der Waals surface area (Å²) in [6.45, 7) is 11.7. The van der Waals surface area contributed by atoms with Crippen LogP contribution in [-0.4, -0.2) is 43.3 Å². The normalized spacial score (nSPS) is 31.1. The zero-order valence-corrected chi connectivity index (χ0v) is 14.4. The van der Waals surface area contributed by atoms with Gasteiger partial charge in [0.1, 0.15) is 24.3 Å². The third kappa shape index (κ3) is 4.03. The van der Waals surface area contributed by atoms with Crippen molar-refractivity contribution in [3.05, 3.63) is 0 Å². The highest BCUT2D eigenvalue weighted by atomic mass is 16.8. The molecule has 0 aromatic carbocycles. The van der Waals surface area contributed by atoms with Crippen LogP contribution < -0.4 is 0 Å². The van der Waals surface area contributed by atoms with Gasteiger partial charge in [-0.1, -0.05) is 20.8 Å². The van der Waals surface area contributed by atoms with Gasteiger partial charge in [0.05, 0.1) is 6.10 Å². The lowest BCUT2D eigenvalue weighted by Crippen LogP contribution is -2.52. The van der Waals surface area contributed by atoms with Crippen molar-refractivity contribution in [2.45, 2.75) is 78.0 Å². The Morgan fingerprint density at radius 1 is 1.29 bits per heavy atom. The second-order valence-corrected chi connectivity index (χ2v) is 6.30. The minimum absolute atomic E-state index is 0.175. The number of carbonyl (C=O) groups is 1. The Balaban J connectivity index is 3.04. The lowest BCUT2D eigenvalue weighted by molar-refractivity contribution is -0.201. The van der Waals surface area contributed by atoms with Crippen molar-refractivity contribution in [1.29, 1.82) is 0 Å². The Morgan fingerprint density at radius 3 is 2.38 bits per heavy atom. The van der Waals surface area contributed by atoms with E-state index in [4.69, 9.17) is 18.9 Å². The number of ether oxygens (including phenoxy) is 4. The summed E-state index contributed by atoms with van der Waals surface area (Å²) < 4.78 is 23.0. The van der Waals surface area contributed by atoms with Crippen LogP contribution in [0.2, 0.25) is 0 Å². The Labute approximate surface area is 128 Å². The average Bonchev–Trinajstić information content (AvgIpc) is 2.68. The van der Waals surface area contributed by atoms with Crippen LogP contribution >= 0.6 is 0 Å². The molecule has 0 unspecified atom stereocenters. The molecule has 0 aromatic rings. The van der Waals surface area contributed by atoms with Gasteiger partial charge in [0.2, 0.25) is 0 Å². The minimum Gasteiger partial charge on any atom is -0.359 e. The summed E-state index contributed by atoms with van der Waals surface area (Å²) in [7, 11) is 1.59. The first-order valence-electron chi connectivity index (χ1n) is 7.73. The lowest BCUT2D eigenvalue weighted by atomic mass is 9.81. The molecule has 0 aliphatic carbocycles. The summed E-state index contributed by atoms with van der Waals surface area (Å²) in [6.07, 6.45) is 0.717. The zero-order valence-electron chi connectivity index (χ0n) is 14.4. The Hall–Kier alpha value is -0.490. The van der Waals surface area contributed by atoms with Crippen molar-refractivity contribution in [2.24, 2.45) is 5.92 Å². The molecule has 1 aliphatic rings. The number of hydrogen-bond donors (Lipinski definition) is 0. The van der Waals surface area contributed by atoms with E-state index in [-0.39, 0.29) is 30.7 Å². The third-order valence-electron chi connectivity index (χ3n) is 4.15. The van der Waals surface area contributed by atoms with Crippen LogP contribution in [0.3, 0.4) is 0 Å². The summed E-state index contributed by atoms with van der Waals surface area (Å²) in [5, 5.41) is 0. The summed E-state index contributed by atoms with van der Waals surface area (Å²) in [5.74, 6) is -0.790. The second-order valence-electron chi connectivity index (χ2n) is 6.30. The summed E-state index contributed by atoms with van der Waals surface area (Å²) in [6, 6.07) is 0. The topological polar surface area (TPSA) is 54.0 Å². The molecule has 0 amide bonds. The molecular weight excluding hydrogens is 272 g/mol. The van der Waals surface area contributed by atoms with Gasteiger partial charge in [0.25, 0.3) is 0 Å². The van der Waals surface area contributed by atoms with Gasteiger partial charge < -0.3 is 18.9 Å². The van der Waals surface area contributed by atoms with E-state index < -0.39 is 11.4 Å². The van der Waals surface area contributed by atoms with Crippen molar-refractivity contribution < 1.29 is 23.7 Å². The molecule has 5 heteroatoms. The maximum absolute atomic E-state index is 12.1. The quantitative estimate of drug-likeness (QED) is 0.645. The maximum Gasteiger partial charge on any atom is 0.164 e. The third-order valence-corrected chi connectivity index (χ3v) is 4.15. The van der Waals surface area contributed by atoms with Crippen LogP contribution in [0.1, 0.15) is 54.4 Å². The summed E-state index contributed by atoms with van der Waals surface area (Å²) in [5.41, 5.74) is -0.680. The monoisotopic (exact) mass is 302 g/mol. The van der Waals surface area contributed by atoms with Gasteiger partial charge in [-0.05, 0) is 27.2 Å². The van der Waals surface area contributed by atoms with Gasteiger partial charge >= 0.3 is 0 Å². The van der Waals surface area contributed by atoms with E-state index in [1.165, 1.54) is 0 Å². The van der Waals surface area contributed by atoms with Gasteiger partial charge in [0, 0.05) is 19.4 Å². The van der Waals surface area contributed by atoms with E-state index in [2.05, 4.69) is 0 Å². The van der Waals surface area contributed by atoms with E-state index in [9.17, 15) is 4.79 Å². The molecule has 0 saturated carbocycles. The highest BCUT2D eigenvalue weighted by Gasteiger charge is 2.57. The first-order valence-corrected chi connectivity index (χ1v) is 7.73. The van der Waals surface area contributed by atoms with Crippen LogP contribution in [0.15, 0.2) is 0 Å². The van der Waals surface area contributed by atoms with Crippen LogP contribution in [0.5, 0.6) is 0 Å². The molecule has 1 fully saturated rings. The Bertz CT molecular complexity index is 355. The van der Waals surface area contributed by atoms with Gasteiger partial charge in [0.15, 0.2) is 5.79 Å². The zero-order chi connectivity index (χ0) is 16.3. The highest BCUT2D eigenvalue weighted by molar-refractivity contribution is 5.81. The Morgan fingerprint density at radius 2 is 1.90 bits per heavy atom. The van der Waals surface area contributed by atoms with Gasteiger partial charge in [-0.25, -0.2) is 0 Å². The van der Waals surface area contributed by atoms with E-state index in [0.717, 1.165) is 6.42 Å². The average molecular weight is 302 g/mol. The van der Waals surface area contributed by atoms with Crippen molar-refractivity contribution in [2.75, 3.05) is 13.9 Å². The molecule has 4 atom stereocenters. The summed E-state index contributed by atoms with van der Waals surface area (Å²) >= 11 is 0. The van der Waals surface area contributed by atoms with E-state index in [0.29, 0.717) is 6.42 Å². The SMILES string of the molecule is CCC(=O)[C@H](C)[C@H]1OC(C)(C)O[C@]1(C)[C@@H](CC)OCOC. The molecule has 1 aliphatic heterocycles. The van der Waals surface area contributed by atoms with Gasteiger partial charge in [-0.3, -0.25) is 4.79 Å². The standard InChI is InChI=1S/C16H30O5/c1-8-12(17)11(3)14-16(6,21-15(4,5)20-14)13(9-2)19-10-18-7/h11,13-14H,8-10H2,1-7H3/t11-,13+,14+,16+/m0/s1. The van der Waals surface area contributed by atoms with Gasteiger partial charge in [-0.15, -0.1) is 0 Å². The molecule has 5 nitrogen and oxygen atoms in total. The Kier molecular flexibility index (Phi) is 6.35. The van der Waals surface area contributed by atoms with Crippen LogP contribution in [0, 0.1) is 5.92 Å². The molecule has 0 spiro atoms. The van der Waals surface area contributed by atoms with Crippen LogP contribution in [0.25, 0.3) is 0 Å². The fourth-order valence-electron chi connectivity index (χ4n) is 3.21. The minimum atomic E-state index is -0.731. The largest absolute Gasteiger partial charge is 0.359 e. The number of ketones is 1. The van der Waals surface area contributed by atoms with Crippen LogP contribution in [0.4, 0.5) is 0 Å². The predicted molar refractivity (Wildman–Crippen MR) is 79.9 cm³/mol. The van der Waals surface area contributed by atoms with Crippen molar-refractivity contribution >= 4 is 5.78 Å². The van der Waals surface area contributed by atoms with E-state index >= 15 is 0 Å². The van der Waals surface area contributed by atoms with Gasteiger partial charge in [-0.2, -0.15) is 0 Å². The maximum atomic E-state index is 12.1. The van der Waals surface area contributed by atoms with Crippen LogP contribution in [-0.2, 0) is 23.7 Å². The van der Waals surface area contributed by atoms with E-state index in [1.807, 2.05) is 41.5 Å². The summed E-state index contributed by atoms with van der Waals surface area (Å²) in [4.78, 5) is 12.1. The first kappa shape index (κ1) is 18.6. The lowest BCUT2D eigenvalue weighted by Gasteiger charge is -2.38. The molecular formula is C16H30O5. The van der Waals surface area contributed by atoms with E-state index in [1.54, 1.807) is 7.11 Å². The molecule has 0 N–H and O–H groups in total. The molecule has 21 heavy (non-hydrogen) atoms. The second kappa shape index (κ2) is 7.18. The van der Waals surface area contributed by atoms with Crippen molar-refractivity contribution in [1.82, 2.24) is 0 Å². The molecule has 1 saturated heterocycles. The molecule has 1 rings (SSSR count). The predicted octanol–water partition coefficient (Wildman–Crippen LogP) is 2.91. The number of methoxy groups -OCH3 is 1. The smallest absolute Gasteiger partial charge is 0.164 e. The number of rotatable bonds is 8. The molecule has 0 radical (unpaired) electrons. The molecule has 0 aromatic heterocycles. The number of Topliss-reactive ketones (excluding diaryl/α,β-unsaturated/α-hetero) is 1. The fraction of sp³-hybridized carbons (Fsp3) is 0.938. The molecule has 0 bridgehead atoms. The van der Waals surface area contributed by atoms with Crippen molar-refractivity contribution in [3.8, 4) is 0 Å². The molecule has 1 heterocycles.